The fourth-order valence-electron chi connectivity index (χ4n) is 1.58. The largest absolute Gasteiger partial charge is 0.477 e. The summed E-state index contributed by atoms with van der Waals surface area (Å²) in [6, 6.07) is 1.79. The van der Waals surface area contributed by atoms with Crippen molar-refractivity contribution in [2.75, 3.05) is 5.75 Å². The van der Waals surface area contributed by atoms with Crippen LogP contribution in [0.15, 0.2) is 11.1 Å². The number of nitriles is 1. The van der Waals surface area contributed by atoms with Crippen LogP contribution in [0.2, 0.25) is 0 Å². The summed E-state index contributed by atoms with van der Waals surface area (Å²) >= 11 is 1.83. The van der Waals surface area contributed by atoms with Gasteiger partial charge in [-0.15, -0.1) is 0 Å². The molecular weight excluding hydrogens is 198 g/mol. The molecule has 1 saturated heterocycles. The summed E-state index contributed by atoms with van der Waals surface area (Å²) in [7, 11) is 0. The molecular formula is C10H13NO2S. The highest BCUT2D eigenvalue weighted by Crippen LogP contribution is 2.34. The third kappa shape index (κ3) is 2.30. The second-order valence-corrected chi connectivity index (χ2v) is 5.04. The molecule has 3 nitrogen and oxygen atoms in total. The van der Waals surface area contributed by atoms with Gasteiger partial charge >= 0.3 is 5.97 Å². The highest BCUT2D eigenvalue weighted by molar-refractivity contribution is 7.99. The maximum atomic E-state index is 10.8. The second-order valence-electron chi connectivity index (χ2n) is 3.57. The minimum Gasteiger partial charge on any atom is -0.477 e. The Bertz CT molecular complexity index is 317. The third-order valence-electron chi connectivity index (χ3n) is 2.38. The number of nitrogens with zero attached hydrogens (tertiary/aromatic N) is 1. The van der Waals surface area contributed by atoms with Crippen LogP contribution >= 0.6 is 11.8 Å². The van der Waals surface area contributed by atoms with Crippen LogP contribution in [-0.4, -0.2) is 22.1 Å². The molecule has 4 heteroatoms. The number of carboxylic acid groups (broad SMARTS) is 1. The standard InChI is InChI=1S/C10H13NO2S/c1-6-5-14-7(2)3-8(6)9(4-11)10(12)13/h6-7H,3,5H2,1-2H3,(H,12,13)/b9-8-/t6-,7+/m1/s1. The molecule has 1 rings (SSSR count). The molecule has 0 bridgehead atoms. The smallest absolute Gasteiger partial charge is 0.346 e. The van der Waals surface area contributed by atoms with Crippen molar-refractivity contribution in [3.8, 4) is 6.07 Å². The van der Waals surface area contributed by atoms with Crippen molar-refractivity contribution in [1.29, 1.82) is 5.26 Å². The lowest BCUT2D eigenvalue weighted by Gasteiger charge is -2.26. The number of aliphatic carboxylic acids is 1. The predicted octanol–water partition coefficient (Wildman–Crippen LogP) is 2.05. The summed E-state index contributed by atoms with van der Waals surface area (Å²) in [5, 5.41) is 18.0. The van der Waals surface area contributed by atoms with Crippen molar-refractivity contribution in [2.24, 2.45) is 5.92 Å². The van der Waals surface area contributed by atoms with E-state index in [4.69, 9.17) is 10.4 Å². The van der Waals surface area contributed by atoms with Crippen molar-refractivity contribution in [1.82, 2.24) is 0 Å². The van der Waals surface area contributed by atoms with Crippen LogP contribution < -0.4 is 0 Å². The molecule has 1 heterocycles. The van der Waals surface area contributed by atoms with E-state index in [0.717, 1.165) is 17.7 Å². The summed E-state index contributed by atoms with van der Waals surface area (Å²) in [4.78, 5) is 10.8. The molecule has 14 heavy (non-hydrogen) atoms. The highest BCUT2D eigenvalue weighted by atomic mass is 32.2. The van der Waals surface area contributed by atoms with Crippen LogP contribution in [-0.2, 0) is 4.79 Å². The molecule has 0 aliphatic carbocycles. The third-order valence-corrected chi connectivity index (χ3v) is 3.81. The second kappa shape index (κ2) is 4.52. The maximum Gasteiger partial charge on any atom is 0.346 e. The number of carbonyl (C=O) groups is 1. The quantitative estimate of drug-likeness (QED) is 0.532. The number of hydrogen-bond donors (Lipinski definition) is 1. The molecule has 0 amide bonds. The van der Waals surface area contributed by atoms with Crippen LogP contribution in [0.1, 0.15) is 20.3 Å². The number of carboxylic acids is 1. The first-order valence-electron chi connectivity index (χ1n) is 4.54. The zero-order valence-corrected chi connectivity index (χ0v) is 9.10. The summed E-state index contributed by atoms with van der Waals surface area (Å²) in [6.45, 7) is 4.04. The van der Waals surface area contributed by atoms with Gasteiger partial charge in [0.25, 0.3) is 0 Å². The topological polar surface area (TPSA) is 61.1 Å². The van der Waals surface area contributed by atoms with Gasteiger partial charge in [-0.3, -0.25) is 0 Å². The van der Waals surface area contributed by atoms with E-state index in [9.17, 15) is 4.79 Å². The van der Waals surface area contributed by atoms with E-state index in [2.05, 4.69) is 6.92 Å². The van der Waals surface area contributed by atoms with Crippen molar-refractivity contribution < 1.29 is 9.90 Å². The van der Waals surface area contributed by atoms with Gasteiger partial charge in [0.05, 0.1) is 0 Å². The summed E-state index contributed by atoms with van der Waals surface area (Å²) in [6.07, 6.45) is 0.723. The van der Waals surface area contributed by atoms with Crippen LogP contribution in [0.5, 0.6) is 0 Å². The lowest BCUT2D eigenvalue weighted by atomic mass is 9.93. The van der Waals surface area contributed by atoms with Crippen LogP contribution in [0.25, 0.3) is 0 Å². The van der Waals surface area contributed by atoms with E-state index >= 15 is 0 Å². The normalized spacial score (nSPS) is 30.6. The van der Waals surface area contributed by atoms with Gasteiger partial charge in [0.2, 0.25) is 0 Å². The number of thioether (sulfide) groups is 1. The van der Waals surface area contributed by atoms with Gasteiger partial charge in [0.1, 0.15) is 11.6 Å². The molecule has 0 radical (unpaired) electrons. The molecule has 0 spiro atoms. The summed E-state index contributed by atoms with van der Waals surface area (Å²) in [5.41, 5.74) is 0.760. The molecule has 76 valence electrons. The van der Waals surface area contributed by atoms with Gasteiger partial charge in [-0.05, 0) is 23.7 Å². The zero-order valence-electron chi connectivity index (χ0n) is 8.28. The zero-order chi connectivity index (χ0) is 10.7. The fourth-order valence-corrected chi connectivity index (χ4v) is 2.70. The minimum absolute atomic E-state index is 0.0512. The van der Waals surface area contributed by atoms with Gasteiger partial charge in [0.15, 0.2) is 0 Å². The summed E-state index contributed by atoms with van der Waals surface area (Å²) in [5.74, 6) is 0.0324. The highest BCUT2D eigenvalue weighted by Gasteiger charge is 2.25. The average Bonchev–Trinajstić information content (AvgIpc) is 2.11. The molecule has 0 saturated carbocycles. The van der Waals surface area contributed by atoms with E-state index in [1.54, 1.807) is 6.07 Å². The van der Waals surface area contributed by atoms with E-state index in [0.29, 0.717) is 5.25 Å². The number of rotatable bonds is 1. The predicted molar refractivity (Wildman–Crippen MR) is 56.0 cm³/mol. The molecule has 1 N–H and O–H groups in total. The van der Waals surface area contributed by atoms with Crippen molar-refractivity contribution in [2.45, 2.75) is 25.5 Å². The molecule has 0 aromatic carbocycles. The molecule has 1 aliphatic rings. The number of hydrogen-bond acceptors (Lipinski definition) is 3. The minimum atomic E-state index is -1.09. The molecule has 1 fully saturated rings. The Hall–Kier alpha value is -0.950. The van der Waals surface area contributed by atoms with Gasteiger partial charge in [0, 0.05) is 5.25 Å². The Kier molecular flexibility index (Phi) is 3.59. The Labute approximate surface area is 87.8 Å². The van der Waals surface area contributed by atoms with Gasteiger partial charge in [-0.1, -0.05) is 13.8 Å². The lowest BCUT2D eigenvalue weighted by molar-refractivity contribution is -0.132. The SMILES string of the molecule is C[C@@H]1CS[C@@H](C)C/C1=C(\C#N)C(=O)O. The molecule has 0 aromatic rings. The number of allylic oxidation sites excluding steroid dienone is 1. The van der Waals surface area contributed by atoms with Crippen LogP contribution in [0.4, 0.5) is 0 Å². The first-order chi connectivity index (χ1) is 6.56. The Morgan fingerprint density at radius 3 is 2.79 bits per heavy atom. The van der Waals surface area contributed by atoms with Crippen LogP contribution in [0.3, 0.4) is 0 Å². The molecule has 0 aromatic heterocycles. The fraction of sp³-hybridized carbons (Fsp3) is 0.600. The molecule has 1 aliphatic heterocycles. The molecule has 0 unspecified atom stereocenters. The van der Waals surface area contributed by atoms with Crippen molar-refractivity contribution in [3.63, 3.8) is 0 Å². The maximum absolute atomic E-state index is 10.8. The summed E-state index contributed by atoms with van der Waals surface area (Å²) < 4.78 is 0. The van der Waals surface area contributed by atoms with Crippen molar-refractivity contribution >= 4 is 17.7 Å². The van der Waals surface area contributed by atoms with E-state index in [-0.39, 0.29) is 11.5 Å². The Balaban J connectivity index is 3.02. The van der Waals surface area contributed by atoms with E-state index in [1.807, 2.05) is 18.7 Å². The van der Waals surface area contributed by atoms with Gasteiger partial charge < -0.3 is 5.11 Å². The lowest BCUT2D eigenvalue weighted by Crippen LogP contribution is -2.20. The Morgan fingerprint density at radius 2 is 2.29 bits per heavy atom. The van der Waals surface area contributed by atoms with E-state index in [1.165, 1.54) is 0 Å². The monoisotopic (exact) mass is 211 g/mol. The van der Waals surface area contributed by atoms with Crippen LogP contribution in [0, 0.1) is 17.2 Å². The Morgan fingerprint density at radius 1 is 1.64 bits per heavy atom. The first kappa shape index (κ1) is 11.1. The van der Waals surface area contributed by atoms with E-state index < -0.39 is 5.97 Å². The van der Waals surface area contributed by atoms with Gasteiger partial charge in [-0.25, -0.2) is 4.79 Å². The molecule has 2 atom stereocenters. The van der Waals surface area contributed by atoms with Crippen molar-refractivity contribution in [3.05, 3.63) is 11.1 Å². The first-order valence-corrected chi connectivity index (χ1v) is 5.59. The average molecular weight is 211 g/mol. The van der Waals surface area contributed by atoms with Gasteiger partial charge in [-0.2, -0.15) is 17.0 Å².